The molecule has 0 saturated carbocycles. The largest absolute Gasteiger partial charge is 0.463 e. The Hall–Kier alpha value is -2.49. The van der Waals surface area contributed by atoms with E-state index in [0.29, 0.717) is 0 Å². The Kier molecular flexibility index (Phi) is 5.50. The Morgan fingerprint density at radius 2 is 2.17 bits per heavy atom. The van der Waals surface area contributed by atoms with Crippen molar-refractivity contribution in [3.63, 3.8) is 0 Å². The Labute approximate surface area is 136 Å². The lowest BCUT2D eigenvalue weighted by Gasteiger charge is -2.35. The van der Waals surface area contributed by atoms with Crippen molar-refractivity contribution in [2.45, 2.75) is 38.5 Å². The fraction of sp³-hybridized carbons (Fsp3) is 0.571. The minimum Gasteiger partial charge on any atom is -0.463 e. The molecule has 3 atom stereocenters. The molecule has 1 aliphatic rings. The first-order valence-electron chi connectivity index (χ1n) is 7.24. The predicted molar refractivity (Wildman–Crippen MR) is 78.4 cm³/mol. The average molecular weight is 343 g/mol. The number of anilines is 1. The van der Waals surface area contributed by atoms with Gasteiger partial charge in [-0.25, -0.2) is 9.18 Å². The summed E-state index contributed by atoms with van der Waals surface area (Å²) < 4.78 is 30.2. The number of carbonyl (C=O) groups is 2. The molecule has 2 N–H and O–H groups in total. The molecular formula is C14H18FN3O6. The Bertz CT molecular complexity index is 692. The van der Waals surface area contributed by atoms with Crippen molar-refractivity contribution in [1.82, 2.24) is 9.55 Å². The number of nitrogen functional groups attached to an aromatic ring is 1. The first kappa shape index (κ1) is 17.9. The Morgan fingerprint density at radius 1 is 1.46 bits per heavy atom. The van der Waals surface area contributed by atoms with Crippen molar-refractivity contribution in [3.05, 3.63) is 22.5 Å². The summed E-state index contributed by atoms with van der Waals surface area (Å²) in [6.45, 7) is 2.41. The summed E-state index contributed by atoms with van der Waals surface area (Å²) in [5.41, 5.74) is 4.52. The molecule has 2 heterocycles. The summed E-state index contributed by atoms with van der Waals surface area (Å²) in [6, 6.07) is -0.599. The molecule has 0 unspecified atom stereocenters. The van der Waals surface area contributed by atoms with E-state index in [1.54, 1.807) is 0 Å². The van der Waals surface area contributed by atoms with E-state index in [4.69, 9.17) is 19.9 Å². The Morgan fingerprint density at radius 3 is 2.79 bits per heavy atom. The van der Waals surface area contributed by atoms with Crippen LogP contribution in [0.25, 0.3) is 0 Å². The normalized spacial score (nSPS) is 23.5. The monoisotopic (exact) mass is 343 g/mol. The number of hydrogen-bond acceptors (Lipinski definition) is 8. The van der Waals surface area contributed by atoms with Gasteiger partial charge in [0.25, 0.3) is 0 Å². The molecule has 9 nitrogen and oxygen atoms in total. The minimum atomic E-state index is -0.833. The van der Waals surface area contributed by atoms with Gasteiger partial charge in [-0.15, -0.1) is 0 Å². The first-order valence-corrected chi connectivity index (χ1v) is 7.24. The van der Waals surface area contributed by atoms with Crippen molar-refractivity contribution < 1.29 is 28.2 Å². The van der Waals surface area contributed by atoms with Crippen molar-refractivity contribution in [1.29, 1.82) is 0 Å². The van der Waals surface area contributed by atoms with Crippen molar-refractivity contribution in [2.24, 2.45) is 0 Å². The molecular weight excluding hydrogens is 325 g/mol. The zero-order valence-corrected chi connectivity index (χ0v) is 13.2. The molecule has 1 fully saturated rings. The van der Waals surface area contributed by atoms with Crippen LogP contribution in [0.15, 0.2) is 11.0 Å². The van der Waals surface area contributed by atoms with E-state index in [9.17, 15) is 18.8 Å². The summed E-state index contributed by atoms with van der Waals surface area (Å²) in [7, 11) is 0. The highest BCUT2D eigenvalue weighted by Gasteiger charge is 2.36. The summed E-state index contributed by atoms with van der Waals surface area (Å²) in [4.78, 5) is 37.5. The highest BCUT2D eigenvalue weighted by atomic mass is 19.1. The fourth-order valence-corrected chi connectivity index (χ4v) is 2.44. The summed E-state index contributed by atoms with van der Waals surface area (Å²) in [5.74, 6) is -2.37. The number of hydrogen-bond donors (Lipinski definition) is 1. The standard InChI is InChI=1S/C14H18FN3O6/c1-7(19)22-6-12-11(24-8(2)20)3-9(5-23-12)18-4-10(15)13(16)17-14(18)21/h4,9,11-12H,3,5-6H2,1-2H3,(H2,16,17,21)/t9-,11-,12+/m0/s1. The van der Waals surface area contributed by atoms with E-state index in [-0.39, 0.29) is 19.6 Å². The number of ether oxygens (including phenoxy) is 3. The highest BCUT2D eigenvalue weighted by molar-refractivity contribution is 5.66. The smallest absolute Gasteiger partial charge is 0.350 e. The minimum absolute atomic E-state index is 0.0364. The predicted octanol–water partition coefficient (Wildman–Crippen LogP) is -0.211. The number of esters is 2. The van der Waals surface area contributed by atoms with Crippen LogP contribution in [0.1, 0.15) is 26.3 Å². The number of halogens is 1. The lowest BCUT2D eigenvalue weighted by atomic mass is 10.0. The van der Waals surface area contributed by atoms with Gasteiger partial charge >= 0.3 is 17.6 Å². The maximum Gasteiger partial charge on any atom is 0.350 e. The zero-order valence-electron chi connectivity index (χ0n) is 13.2. The van der Waals surface area contributed by atoms with Gasteiger partial charge < -0.3 is 19.9 Å². The quantitative estimate of drug-likeness (QED) is 0.745. The summed E-state index contributed by atoms with van der Waals surface area (Å²) in [6.07, 6.45) is -0.309. The van der Waals surface area contributed by atoms with Crippen LogP contribution >= 0.6 is 0 Å². The van der Waals surface area contributed by atoms with E-state index in [1.807, 2.05) is 0 Å². The van der Waals surface area contributed by atoms with Gasteiger partial charge in [0.05, 0.1) is 12.6 Å². The Balaban J connectivity index is 2.18. The van der Waals surface area contributed by atoms with Gasteiger partial charge in [-0.05, 0) is 0 Å². The van der Waals surface area contributed by atoms with E-state index in [0.717, 1.165) is 10.8 Å². The van der Waals surface area contributed by atoms with E-state index < -0.39 is 47.5 Å². The average Bonchev–Trinajstić information content (AvgIpc) is 2.49. The molecule has 0 aromatic carbocycles. The fourth-order valence-electron chi connectivity index (χ4n) is 2.44. The summed E-state index contributed by atoms with van der Waals surface area (Å²) >= 11 is 0. The highest BCUT2D eigenvalue weighted by Crippen LogP contribution is 2.26. The molecule has 1 saturated heterocycles. The van der Waals surface area contributed by atoms with E-state index >= 15 is 0 Å². The lowest BCUT2D eigenvalue weighted by Crippen LogP contribution is -2.46. The second-order valence-corrected chi connectivity index (χ2v) is 5.38. The van der Waals surface area contributed by atoms with Gasteiger partial charge in [0, 0.05) is 26.5 Å². The molecule has 1 aliphatic heterocycles. The molecule has 1 aromatic heterocycles. The van der Waals surface area contributed by atoms with E-state index in [1.165, 1.54) is 13.8 Å². The molecule has 132 valence electrons. The second-order valence-electron chi connectivity index (χ2n) is 5.38. The lowest BCUT2D eigenvalue weighted by molar-refractivity contribution is -0.174. The van der Waals surface area contributed by atoms with Crippen molar-refractivity contribution in [2.75, 3.05) is 18.9 Å². The number of aromatic nitrogens is 2. The molecule has 24 heavy (non-hydrogen) atoms. The molecule has 2 rings (SSSR count). The third kappa shape index (κ3) is 4.28. The number of nitrogens with zero attached hydrogens (tertiary/aromatic N) is 2. The molecule has 10 heteroatoms. The van der Waals surface area contributed by atoms with E-state index in [2.05, 4.69) is 4.98 Å². The number of carbonyl (C=O) groups excluding carboxylic acids is 2. The van der Waals surface area contributed by atoms with Gasteiger partial charge in [-0.3, -0.25) is 14.2 Å². The second kappa shape index (κ2) is 7.39. The SMILES string of the molecule is CC(=O)OC[C@H]1OC[C@@H](n2cc(F)c(N)nc2=O)C[C@@H]1OC(C)=O. The van der Waals surface area contributed by atoms with Crippen molar-refractivity contribution >= 4 is 17.8 Å². The summed E-state index contributed by atoms with van der Waals surface area (Å²) in [5, 5.41) is 0. The van der Waals surface area contributed by atoms with Crippen LogP contribution in [0.2, 0.25) is 0 Å². The van der Waals surface area contributed by atoms with Gasteiger partial charge in [0.15, 0.2) is 11.6 Å². The van der Waals surface area contributed by atoms with Crippen LogP contribution < -0.4 is 11.4 Å². The van der Waals surface area contributed by atoms with Gasteiger partial charge in [-0.2, -0.15) is 4.98 Å². The third-order valence-corrected chi connectivity index (χ3v) is 3.52. The molecule has 1 aromatic rings. The molecule has 0 radical (unpaired) electrons. The first-order chi connectivity index (χ1) is 11.3. The molecule has 0 bridgehead atoms. The van der Waals surface area contributed by atoms with Gasteiger partial charge in [-0.1, -0.05) is 0 Å². The maximum absolute atomic E-state index is 13.6. The molecule has 0 amide bonds. The van der Waals surface area contributed by atoms with Gasteiger partial charge in [0.2, 0.25) is 0 Å². The molecule has 0 spiro atoms. The van der Waals surface area contributed by atoms with Crippen molar-refractivity contribution in [3.8, 4) is 0 Å². The topological polar surface area (TPSA) is 123 Å². The third-order valence-electron chi connectivity index (χ3n) is 3.52. The van der Waals surface area contributed by atoms with Crippen LogP contribution in [-0.4, -0.2) is 46.9 Å². The van der Waals surface area contributed by atoms with Gasteiger partial charge in [0.1, 0.15) is 18.8 Å². The van der Waals surface area contributed by atoms with Crippen LogP contribution in [0.3, 0.4) is 0 Å². The van der Waals surface area contributed by atoms with Crippen LogP contribution in [0.4, 0.5) is 10.2 Å². The van der Waals surface area contributed by atoms with Crippen LogP contribution in [0, 0.1) is 5.82 Å². The molecule has 0 aliphatic carbocycles. The van der Waals surface area contributed by atoms with Crippen LogP contribution in [-0.2, 0) is 23.8 Å². The van der Waals surface area contributed by atoms with Crippen LogP contribution in [0.5, 0.6) is 0 Å². The maximum atomic E-state index is 13.6. The zero-order chi connectivity index (χ0) is 17.9. The number of nitrogens with two attached hydrogens (primary N) is 1. The number of rotatable bonds is 4.